The van der Waals surface area contributed by atoms with Gasteiger partial charge >= 0.3 is 0 Å². The highest BCUT2D eigenvalue weighted by Crippen LogP contribution is 2.29. The third-order valence-corrected chi connectivity index (χ3v) is 4.47. The molecule has 21 heavy (non-hydrogen) atoms. The predicted octanol–water partition coefficient (Wildman–Crippen LogP) is 5.99. The highest BCUT2D eigenvalue weighted by molar-refractivity contribution is 9.11. The van der Waals surface area contributed by atoms with Crippen molar-refractivity contribution in [3.8, 4) is 5.75 Å². The van der Waals surface area contributed by atoms with Crippen LogP contribution in [-0.4, -0.2) is 4.98 Å². The van der Waals surface area contributed by atoms with Crippen LogP contribution in [0.4, 0.5) is 0 Å². The molecule has 0 fully saturated rings. The van der Waals surface area contributed by atoms with Crippen LogP contribution in [0.5, 0.6) is 5.75 Å². The molecule has 0 aliphatic carbocycles. The highest BCUT2D eigenvalue weighted by atomic mass is 79.9. The van der Waals surface area contributed by atoms with Crippen LogP contribution < -0.4 is 4.74 Å². The SMILES string of the molecule is Clc1nc2ccccc2cc1COc1ccc(Br)cc1Br. The van der Waals surface area contributed by atoms with Gasteiger partial charge in [-0.2, -0.15) is 0 Å². The third kappa shape index (κ3) is 3.39. The lowest BCUT2D eigenvalue weighted by atomic mass is 10.2. The molecule has 2 nitrogen and oxygen atoms in total. The van der Waals surface area contributed by atoms with Gasteiger partial charge in [-0.1, -0.05) is 45.7 Å². The van der Waals surface area contributed by atoms with Gasteiger partial charge in [0, 0.05) is 15.4 Å². The minimum absolute atomic E-state index is 0.372. The molecule has 1 heterocycles. The second kappa shape index (κ2) is 6.34. The van der Waals surface area contributed by atoms with E-state index in [1.165, 1.54) is 0 Å². The summed E-state index contributed by atoms with van der Waals surface area (Å²) in [6, 6.07) is 15.7. The number of benzene rings is 2. The maximum Gasteiger partial charge on any atom is 0.136 e. The topological polar surface area (TPSA) is 22.1 Å². The Morgan fingerprint density at radius 2 is 1.86 bits per heavy atom. The standard InChI is InChI=1S/C16H10Br2ClNO/c17-12-5-6-15(13(18)8-12)21-9-11-7-10-3-1-2-4-14(10)20-16(11)19/h1-8H,9H2. The molecule has 0 saturated carbocycles. The van der Waals surface area contributed by atoms with Crippen molar-refractivity contribution in [2.24, 2.45) is 0 Å². The molecule has 0 aliphatic heterocycles. The number of fused-ring (bicyclic) bond motifs is 1. The zero-order chi connectivity index (χ0) is 14.8. The maximum atomic E-state index is 6.22. The summed E-state index contributed by atoms with van der Waals surface area (Å²) in [5.74, 6) is 0.766. The lowest BCUT2D eigenvalue weighted by Crippen LogP contribution is -1.98. The van der Waals surface area contributed by atoms with Crippen molar-refractivity contribution in [3.63, 3.8) is 0 Å². The highest BCUT2D eigenvalue weighted by Gasteiger charge is 2.07. The number of nitrogens with zero attached hydrogens (tertiary/aromatic N) is 1. The van der Waals surface area contributed by atoms with E-state index in [2.05, 4.69) is 36.8 Å². The molecule has 0 saturated heterocycles. The third-order valence-electron chi connectivity index (χ3n) is 3.03. The van der Waals surface area contributed by atoms with Crippen LogP contribution in [0.15, 0.2) is 57.5 Å². The lowest BCUT2D eigenvalue weighted by Gasteiger charge is -2.10. The van der Waals surface area contributed by atoms with Crippen LogP contribution in [0.25, 0.3) is 10.9 Å². The average molecular weight is 428 g/mol. The number of hydrogen-bond acceptors (Lipinski definition) is 2. The van der Waals surface area contributed by atoms with Crippen LogP contribution in [0.1, 0.15) is 5.56 Å². The van der Waals surface area contributed by atoms with Crippen molar-refractivity contribution < 1.29 is 4.74 Å². The quantitative estimate of drug-likeness (QED) is 0.479. The van der Waals surface area contributed by atoms with Gasteiger partial charge in [0.05, 0.1) is 9.99 Å². The molecule has 3 rings (SSSR count). The van der Waals surface area contributed by atoms with Crippen LogP contribution in [0, 0.1) is 0 Å². The molecule has 0 amide bonds. The van der Waals surface area contributed by atoms with Gasteiger partial charge in [0.1, 0.15) is 17.5 Å². The van der Waals surface area contributed by atoms with Crippen LogP contribution >= 0.6 is 43.5 Å². The Bertz CT molecular complexity index is 807. The Labute approximate surface area is 144 Å². The van der Waals surface area contributed by atoms with E-state index in [1.54, 1.807) is 0 Å². The van der Waals surface area contributed by atoms with Gasteiger partial charge in [-0.05, 0) is 46.3 Å². The summed E-state index contributed by atoms with van der Waals surface area (Å²) in [6.45, 7) is 0.372. The van der Waals surface area contributed by atoms with Gasteiger partial charge in [0.2, 0.25) is 0 Å². The molecule has 106 valence electrons. The first-order chi connectivity index (χ1) is 10.1. The normalized spacial score (nSPS) is 10.8. The van der Waals surface area contributed by atoms with Crippen LogP contribution in [0.2, 0.25) is 5.15 Å². The zero-order valence-corrected chi connectivity index (χ0v) is 14.7. The van der Waals surface area contributed by atoms with E-state index in [0.717, 1.165) is 31.2 Å². The minimum atomic E-state index is 0.372. The van der Waals surface area contributed by atoms with Gasteiger partial charge in [-0.15, -0.1) is 0 Å². The smallest absolute Gasteiger partial charge is 0.136 e. The van der Waals surface area contributed by atoms with E-state index in [-0.39, 0.29) is 0 Å². The molecule has 0 bridgehead atoms. The maximum absolute atomic E-state index is 6.22. The van der Waals surface area contributed by atoms with E-state index in [9.17, 15) is 0 Å². The largest absolute Gasteiger partial charge is 0.488 e. The molecule has 0 atom stereocenters. The van der Waals surface area contributed by atoms with Crippen molar-refractivity contribution >= 4 is 54.4 Å². The van der Waals surface area contributed by atoms with Gasteiger partial charge in [0.25, 0.3) is 0 Å². The predicted molar refractivity (Wildman–Crippen MR) is 92.9 cm³/mol. The monoisotopic (exact) mass is 425 g/mol. The summed E-state index contributed by atoms with van der Waals surface area (Å²) in [5, 5.41) is 1.53. The van der Waals surface area contributed by atoms with E-state index < -0.39 is 0 Å². The van der Waals surface area contributed by atoms with Crippen molar-refractivity contribution in [2.75, 3.05) is 0 Å². The molecule has 2 aromatic carbocycles. The summed E-state index contributed by atoms with van der Waals surface area (Å²) in [5.41, 5.74) is 1.75. The average Bonchev–Trinajstić information content (AvgIpc) is 2.46. The first-order valence-corrected chi connectivity index (χ1v) is 8.22. The number of hydrogen-bond donors (Lipinski definition) is 0. The van der Waals surface area contributed by atoms with Gasteiger partial charge in [-0.25, -0.2) is 4.98 Å². The minimum Gasteiger partial charge on any atom is -0.488 e. The van der Waals surface area contributed by atoms with Crippen molar-refractivity contribution in [1.29, 1.82) is 0 Å². The second-order valence-corrected chi connectivity index (χ2v) is 6.62. The van der Waals surface area contributed by atoms with E-state index in [0.29, 0.717) is 11.8 Å². The molecule has 5 heteroatoms. The van der Waals surface area contributed by atoms with Gasteiger partial charge in [0.15, 0.2) is 0 Å². The second-order valence-electron chi connectivity index (χ2n) is 4.49. The lowest BCUT2D eigenvalue weighted by molar-refractivity contribution is 0.304. The number of aromatic nitrogens is 1. The Kier molecular flexibility index (Phi) is 4.48. The van der Waals surface area contributed by atoms with Crippen LogP contribution in [0.3, 0.4) is 0 Å². The summed E-state index contributed by atoms with van der Waals surface area (Å²) in [4.78, 5) is 4.39. The first-order valence-electron chi connectivity index (χ1n) is 6.25. The summed E-state index contributed by atoms with van der Waals surface area (Å²) in [7, 11) is 0. The molecule has 0 aliphatic rings. The summed E-state index contributed by atoms with van der Waals surface area (Å²) in [6.07, 6.45) is 0. The van der Waals surface area contributed by atoms with E-state index in [4.69, 9.17) is 16.3 Å². The molecule has 3 aromatic rings. The van der Waals surface area contributed by atoms with Crippen molar-refractivity contribution in [2.45, 2.75) is 6.61 Å². The molecule has 1 aromatic heterocycles. The zero-order valence-electron chi connectivity index (χ0n) is 10.8. The fourth-order valence-corrected chi connectivity index (χ4v) is 3.35. The fraction of sp³-hybridized carbons (Fsp3) is 0.0625. The van der Waals surface area contributed by atoms with Crippen molar-refractivity contribution in [3.05, 3.63) is 68.2 Å². The molecule has 0 radical (unpaired) electrons. The molecular formula is C16H10Br2ClNO. The molecular weight excluding hydrogens is 417 g/mol. The number of halogens is 3. The number of para-hydroxylation sites is 1. The molecule has 0 N–H and O–H groups in total. The summed E-state index contributed by atoms with van der Waals surface area (Å²) >= 11 is 13.1. The number of pyridine rings is 1. The molecule has 0 unspecified atom stereocenters. The van der Waals surface area contributed by atoms with E-state index in [1.807, 2.05) is 48.5 Å². The van der Waals surface area contributed by atoms with Crippen LogP contribution in [-0.2, 0) is 6.61 Å². The number of ether oxygens (including phenoxy) is 1. The Hall–Kier alpha value is -1.10. The summed E-state index contributed by atoms with van der Waals surface area (Å²) < 4.78 is 7.70. The van der Waals surface area contributed by atoms with Crippen molar-refractivity contribution in [1.82, 2.24) is 4.98 Å². The Morgan fingerprint density at radius 3 is 2.67 bits per heavy atom. The van der Waals surface area contributed by atoms with E-state index >= 15 is 0 Å². The Balaban J connectivity index is 1.86. The Morgan fingerprint density at radius 1 is 1.05 bits per heavy atom. The fourth-order valence-electron chi connectivity index (χ4n) is 1.99. The van der Waals surface area contributed by atoms with Gasteiger partial charge < -0.3 is 4.74 Å². The first kappa shape index (κ1) is 14.8. The number of rotatable bonds is 3. The molecule has 0 spiro atoms. The van der Waals surface area contributed by atoms with Gasteiger partial charge in [-0.3, -0.25) is 0 Å².